The second kappa shape index (κ2) is 18.3. The first-order chi connectivity index (χ1) is 20.5. The Labute approximate surface area is 260 Å². The molecule has 0 aliphatic carbocycles. The minimum atomic E-state index is -0.908. The summed E-state index contributed by atoms with van der Waals surface area (Å²) >= 11 is 0. The van der Waals surface area contributed by atoms with Crippen LogP contribution in [-0.4, -0.2) is 47.5 Å². The lowest BCUT2D eigenvalue weighted by atomic mass is 9.97. The zero-order valence-electron chi connectivity index (χ0n) is 27.6. The molecule has 0 aliphatic heterocycles. The molecule has 0 saturated heterocycles. The van der Waals surface area contributed by atoms with Crippen molar-refractivity contribution in [1.29, 1.82) is 0 Å². The Bertz CT molecular complexity index is 1140. The van der Waals surface area contributed by atoms with Crippen LogP contribution in [0.1, 0.15) is 114 Å². The van der Waals surface area contributed by atoms with E-state index >= 15 is 0 Å². The van der Waals surface area contributed by atoms with E-state index < -0.39 is 23.8 Å². The van der Waals surface area contributed by atoms with Crippen LogP contribution in [0.15, 0.2) is 48.5 Å². The Morgan fingerprint density at radius 2 is 1.49 bits per heavy atom. The number of carbonyl (C=O) groups excluding carboxylic acids is 3. The van der Waals surface area contributed by atoms with Crippen molar-refractivity contribution >= 4 is 17.9 Å². The Hall–Kier alpha value is -3.35. The van der Waals surface area contributed by atoms with Crippen LogP contribution in [0.4, 0.5) is 4.79 Å². The molecule has 238 valence electrons. The maximum Gasteiger partial charge on any atom is 0.408 e. The highest BCUT2D eigenvalue weighted by atomic mass is 16.6. The van der Waals surface area contributed by atoms with Crippen LogP contribution in [0.25, 0.3) is 0 Å². The first-order valence-corrected chi connectivity index (χ1v) is 16.2. The number of hydrogen-bond donors (Lipinski definition) is 2. The molecule has 0 spiro atoms. The van der Waals surface area contributed by atoms with Crippen molar-refractivity contribution in [3.8, 4) is 0 Å². The van der Waals surface area contributed by atoms with Crippen molar-refractivity contribution < 1.29 is 19.1 Å². The fraction of sp³-hybridized carbons (Fsp3) is 0.583. The van der Waals surface area contributed by atoms with Gasteiger partial charge in [-0.15, -0.1) is 0 Å². The third-order valence-electron chi connectivity index (χ3n) is 7.54. The van der Waals surface area contributed by atoms with Crippen LogP contribution in [0.2, 0.25) is 0 Å². The molecular weight excluding hydrogens is 538 g/mol. The van der Waals surface area contributed by atoms with Gasteiger partial charge in [-0.2, -0.15) is 0 Å². The summed E-state index contributed by atoms with van der Waals surface area (Å²) in [5.74, 6) is -0.496. The summed E-state index contributed by atoms with van der Waals surface area (Å²) in [6.07, 6.45) is 7.74. The number of nitrogens with zero attached hydrogens (tertiary/aromatic N) is 1. The second-order valence-electron chi connectivity index (χ2n) is 12.6. The Balaban J connectivity index is 2.53. The van der Waals surface area contributed by atoms with E-state index in [-0.39, 0.29) is 18.2 Å². The third kappa shape index (κ3) is 12.8. The molecule has 0 bridgehead atoms. The van der Waals surface area contributed by atoms with E-state index in [0.29, 0.717) is 13.1 Å². The molecule has 2 aromatic carbocycles. The minimum Gasteiger partial charge on any atom is -0.444 e. The first-order valence-electron chi connectivity index (χ1n) is 16.2. The number of hydrogen-bond acceptors (Lipinski definition) is 4. The summed E-state index contributed by atoms with van der Waals surface area (Å²) in [4.78, 5) is 43.2. The fourth-order valence-corrected chi connectivity index (χ4v) is 5.02. The maximum absolute atomic E-state index is 14.6. The zero-order chi connectivity index (χ0) is 31.8. The van der Waals surface area contributed by atoms with Gasteiger partial charge in [-0.05, 0) is 69.7 Å². The minimum absolute atomic E-state index is 0.202. The van der Waals surface area contributed by atoms with Crippen LogP contribution >= 0.6 is 0 Å². The Morgan fingerprint density at radius 3 is 2.12 bits per heavy atom. The molecular formula is C36H55N3O4. The molecule has 7 heteroatoms. The molecule has 43 heavy (non-hydrogen) atoms. The standard InChI is InChI=1S/C36H55N3O4/c1-8-10-12-13-14-18-24-39(32(33(40)37-23-11-9-2)30-22-21-27(3)28(4)25-30)34(41)31(26-29-19-16-15-17-20-29)38-35(42)43-36(5,6)7/h15-17,19-22,25,31-32H,8-14,18,23-24,26H2,1-7H3,(H,37,40)(H,38,42). The van der Waals surface area contributed by atoms with Gasteiger partial charge in [0.15, 0.2) is 0 Å². The number of nitrogens with one attached hydrogen (secondary N) is 2. The SMILES string of the molecule is CCCCCCCCN(C(=O)C(Cc1ccccc1)NC(=O)OC(C)(C)C)C(C(=O)NCCCC)c1ccc(C)c(C)c1. The van der Waals surface area contributed by atoms with Gasteiger partial charge in [-0.25, -0.2) is 4.79 Å². The molecule has 7 nitrogen and oxygen atoms in total. The molecule has 2 atom stereocenters. The van der Waals surface area contributed by atoms with Gasteiger partial charge in [0.1, 0.15) is 17.7 Å². The van der Waals surface area contributed by atoms with Gasteiger partial charge in [0.2, 0.25) is 11.8 Å². The van der Waals surface area contributed by atoms with Gasteiger partial charge in [-0.3, -0.25) is 9.59 Å². The smallest absolute Gasteiger partial charge is 0.408 e. The molecule has 2 rings (SSSR count). The van der Waals surface area contributed by atoms with E-state index in [0.717, 1.165) is 67.2 Å². The number of ether oxygens (including phenoxy) is 1. The van der Waals surface area contributed by atoms with Crippen molar-refractivity contribution in [2.75, 3.05) is 13.1 Å². The van der Waals surface area contributed by atoms with Gasteiger partial charge < -0.3 is 20.3 Å². The fourth-order valence-electron chi connectivity index (χ4n) is 5.02. The second-order valence-corrected chi connectivity index (χ2v) is 12.6. The maximum atomic E-state index is 14.6. The lowest BCUT2D eigenvalue weighted by molar-refractivity contribution is -0.142. The highest BCUT2D eigenvalue weighted by Crippen LogP contribution is 2.26. The summed E-state index contributed by atoms with van der Waals surface area (Å²) in [5.41, 5.74) is 3.14. The van der Waals surface area contributed by atoms with E-state index in [2.05, 4.69) is 24.5 Å². The van der Waals surface area contributed by atoms with Crippen LogP contribution in [0.5, 0.6) is 0 Å². The lowest BCUT2D eigenvalue weighted by Crippen LogP contribution is -2.54. The summed E-state index contributed by atoms with van der Waals surface area (Å²) in [7, 11) is 0. The highest BCUT2D eigenvalue weighted by Gasteiger charge is 2.36. The quantitative estimate of drug-likeness (QED) is 0.185. The summed E-state index contributed by atoms with van der Waals surface area (Å²) in [5, 5.41) is 5.94. The van der Waals surface area contributed by atoms with Crippen LogP contribution < -0.4 is 10.6 Å². The average molecular weight is 594 g/mol. The first kappa shape index (κ1) is 35.8. The monoisotopic (exact) mass is 593 g/mol. The number of alkyl carbamates (subject to hydrolysis) is 1. The Kier molecular flexibility index (Phi) is 15.3. The summed E-state index contributed by atoms with van der Waals surface area (Å²) in [6, 6.07) is 13.9. The van der Waals surface area contributed by atoms with Gasteiger partial charge in [0.25, 0.3) is 0 Å². The van der Waals surface area contributed by atoms with Gasteiger partial charge in [-0.1, -0.05) is 101 Å². The molecule has 0 radical (unpaired) electrons. The van der Waals surface area contributed by atoms with Crippen molar-refractivity contribution in [2.24, 2.45) is 0 Å². The van der Waals surface area contributed by atoms with Crippen molar-refractivity contribution in [1.82, 2.24) is 15.5 Å². The van der Waals surface area contributed by atoms with E-state index in [1.54, 1.807) is 25.7 Å². The number of unbranched alkanes of at least 4 members (excludes halogenated alkanes) is 6. The molecule has 2 N–H and O–H groups in total. The van der Waals surface area contributed by atoms with E-state index in [9.17, 15) is 14.4 Å². The number of rotatable bonds is 17. The van der Waals surface area contributed by atoms with Gasteiger partial charge >= 0.3 is 6.09 Å². The molecule has 0 heterocycles. The largest absolute Gasteiger partial charge is 0.444 e. The number of aryl methyl sites for hydroxylation is 2. The molecule has 3 amide bonds. The van der Waals surface area contributed by atoms with Crippen LogP contribution in [0.3, 0.4) is 0 Å². The zero-order valence-corrected chi connectivity index (χ0v) is 27.6. The topological polar surface area (TPSA) is 87.7 Å². The molecule has 0 aliphatic rings. The van der Waals surface area contributed by atoms with Crippen molar-refractivity contribution in [2.45, 2.75) is 124 Å². The molecule has 2 aromatic rings. The van der Waals surface area contributed by atoms with Crippen LogP contribution in [0, 0.1) is 13.8 Å². The molecule has 0 saturated carbocycles. The average Bonchev–Trinajstić information content (AvgIpc) is 2.95. The number of amides is 3. The number of benzene rings is 2. The predicted octanol–water partition coefficient (Wildman–Crippen LogP) is 7.59. The summed E-state index contributed by atoms with van der Waals surface area (Å²) in [6.45, 7) is 14.7. The van der Waals surface area contributed by atoms with Gasteiger partial charge in [0, 0.05) is 19.5 Å². The molecule has 0 aromatic heterocycles. The predicted molar refractivity (Wildman–Crippen MR) is 175 cm³/mol. The normalized spacial score (nSPS) is 12.7. The lowest BCUT2D eigenvalue weighted by Gasteiger charge is -2.35. The van der Waals surface area contributed by atoms with Crippen molar-refractivity contribution in [3.05, 3.63) is 70.8 Å². The highest BCUT2D eigenvalue weighted by molar-refractivity contribution is 5.92. The third-order valence-corrected chi connectivity index (χ3v) is 7.54. The van der Waals surface area contributed by atoms with E-state index in [1.165, 1.54) is 6.42 Å². The van der Waals surface area contributed by atoms with Crippen LogP contribution in [-0.2, 0) is 20.7 Å². The van der Waals surface area contributed by atoms with Gasteiger partial charge in [0.05, 0.1) is 0 Å². The summed E-state index contributed by atoms with van der Waals surface area (Å²) < 4.78 is 5.56. The number of carbonyl (C=O) groups is 3. The van der Waals surface area contributed by atoms with Crippen molar-refractivity contribution in [3.63, 3.8) is 0 Å². The molecule has 0 fully saturated rings. The Morgan fingerprint density at radius 1 is 0.837 bits per heavy atom. The van der Waals surface area contributed by atoms with E-state index in [4.69, 9.17) is 4.74 Å². The molecule has 2 unspecified atom stereocenters. The van der Waals surface area contributed by atoms with E-state index in [1.807, 2.05) is 62.4 Å².